The van der Waals surface area contributed by atoms with Crippen LogP contribution in [0.3, 0.4) is 0 Å². The summed E-state index contributed by atoms with van der Waals surface area (Å²) in [7, 11) is 1.70. The summed E-state index contributed by atoms with van der Waals surface area (Å²) in [6.07, 6.45) is 0.855. The maximum atomic E-state index is 6.44. The molecular formula is C19H25NO. The molecule has 1 unspecified atom stereocenters. The van der Waals surface area contributed by atoms with Gasteiger partial charge in [-0.1, -0.05) is 24.3 Å². The molecule has 0 aliphatic rings. The van der Waals surface area contributed by atoms with Crippen LogP contribution in [0.2, 0.25) is 0 Å². The van der Waals surface area contributed by atoms with Gasteiger partial charge in [-0.05, 0) is 73.6 Å². The summed E-state index contributed by atoms with van der Waals surface area (Å²) in [5.74, 6) is 0.926. The number of hydrogen-bond donors (Lipinski definition) is 1. The van der Waals surface area contributed by atoms with Crippen LogP contribution in [0.25, 0.3) is 0 Å². The van der Waals surface area contributed by atoms with Gasteiger partial charge in [-0.2, -0.15) is 0 Å². The average molecular weight is 283 g/mol. The average Bonchev–Trinajstić information content (AvgIpc) is 2.44. The van der Waals surface area contributed by atoms with Gasteiger partial charge in [-0.25, -0.2) is 0 Å². The summed E-state index contributed by atoms with van der Waals surface area (Å²) in [4.78, 5) is 0. The zero-order valence-electron chi connectivity index (χ0n) is 13.7. The molecule has 2 rings (SSSR count). The number of aryl methyl sites for hydroxylation is 4. The first-order valence-corrected chi connectivity index (χ1v) is 7.39. The van der Waals surface area contributed by atoms with E-state index in [0.717, 1.165) is 17.7 Å². The quantitative estimate of drug-likeness (QED) is 0.914. The maximum Gasteiger partial charge on any atom is 0.122 e. The van der Waals surface area contributed by atoms with E-state index in [1.165, 1.54) is 27.8 Å². The van der Waals surface area contributed by atoms with E-state index < -0.39 is 0 Å². The van der Waals surface area contributed by atoms with Gasteiger partial charge in [0.1, 0.15) is 5.75 Å². The molecule has 2 aromatic carbocycles. The molecule has 2 heteroatoms. The second-order valence-electron chi connectivity index (χ2n) is 5.91. The van der Waals surface area contributed by atoms with Crippen molar-refractivity contribution in [3.05, 3.63) is 63.7 Å². The van der Waals surface area contributed by atoms with Gasteiger partial charge in [0.15, 0.2) is 0 Å². The van der Waals surface area contributed by atoms with Gasteiger partial charge < -0.3 is 10.5 Å². The fourth-order valence-corrected chi connectivity index (χ4v) is 2.73. The van der Waals surface area contributed by atoms with Gasteiger partial charge in [0.2, 0.25) is 0 Å². The van der Waals surface area contributed by atoms with Crippen molar-refractivity contribution in [1.29, 1.82) is 0 Å². The van der Waals surface area contributed by atoms with E-state index in [1.54, 1.807) is 7.11 Å². The number of rotatable bonds is 4. The summed E-state index contributed by atoms with van der Waals surface area (Å²) >= 11 is 0. The molecule has 1 atom stereocenters. The van der Waals surface area contributed by atoms with Crippen LogP contribution in [0, 0.1) is 27.7 Å². The Morgan fingerprint density at radius 3 is 2.24 bits per heavy atom. The minimum absolute atomic E-state index is 0.0108. The third-order valence-electron chi connectivity index (χ3n) is 4.21. The lowest BCUT2D eigenvalue weighted by Gasteiger charge is -2.18. The van der Waals surface area contributed by atoms with Crippen LogP contribution >= 0.6 is 0 Å². The zero-order chi connectivity index (χ0) is 15.6. The lowest BCUT2D eigenvalue weighted by Crippen LogP contribution is -2.15. The zero-order valence-corrected chi connectivity index (χ0v) is 13.7. The van der Waals surface area contributed by atoms with E-state index in [4.69, 9.17) is 10.5 Å². The second-order valence-corrected chi connectivity index (χ2v) is 5.91. The first-order chi connectivity index (χ1) is 9.92. The van der Waals surface area contributed by atoms with Crippen LogP contribution in [0.1, 0.15) is 39.4 Å². The minimum atomic E-state index is 0.0108. The van der Waals surface area contributed by atoms with Crippen LogP contribution in [0.4, 0.5) is 0 Å². The highest BCUT2D eigenvalue weighted by Gasteiger charge is 2.13. The lowest BCUT2D eigenvalue weighted by molar-refractivity contribution is 0.411. The van der Waals surface area contributed by atoms with Crippen molar-refractivity contribution >= 4 is 0 Å². The molecule has 0 amide bonds. The SMILES string of the molecule is COc1cc(C)c(C(N)Cc2ccc(C)c(C)c2)cc1C. The molecule has 2 nitrogen and oxygen atoms in total. The summed E-state index contributed by atoms with van der Waals surface area (Å²) in [5, 5.41) is 0. The normalized spacial score (nSPS) is 12.3. The van der Waals surface area contributed by atoms with Gasteiger partial charge in [-0.15, -0.1) is 0 Å². The van der Waals surface area contributed by atoms with Crippen LogP contribution in [0.5, 0.6) is 5.75 Å². The first kappa shape index (κ1) is 15.6. The molecule has 21 heavy (non-hydrogen) atoms. The molecule has 0 saturated carbocycles. The monoisotopic (exact) mass is 283 g/mol. The van der Waals surface area contributed by atoms with Crippen molar-refractivity contribution in [3.8, 4) is 5.75 Å². The fourth-order valence-electron chi connectivity index (χ4n) is 2.73. The highest BCUT2D eigenvalue weighted by Crippen LogP contribution is 2.27. The van der Waals surface area contributed by atoms with E-state index in [1.807, 2.05) is 0 Å². The lowest BCUT2D eigenvalue weighted by atomic mass is 9.93. The van der Waals surface area contributed by atoms with Crippen LogP contribution in [-0.2, 0) is 6.42 Å². The standard InChI is InChI=1S/C19H25NO/c1-12-6-7-16(8-13(12)2)11-18(20)17-9-15(4)19(21-5)10-14(17)3/h6-10,18H,11,20H2,1-5H3. The molecule has 0 fully saturated rings. The fraction of sp³-hybridized carbons (Fsp3) is 0.368. The molecule has 0 bridgehead atoms. The Morgan fingerprint density at radius 1 is 0.905 bits per heavy atom. The number of methoxy groups -OCH3 is 1. The third kappa shape index (κ3) is 3.45. The van der Waals surface area contributed by atoms with Crippen LogP contribution in [-0.4, -0.2) is 7.11 Å². The minimum Gasteiger partial charge on any atom is -0.496 e. The Hall–Kier alpha value is -1.80. The second kappa shape index (κ2) is 6.31. The molecule has 2 aromatic rings. The van der Waals surface area contributed by atoms with Gasteiger partial charge in [0.25, 0.3) is 0 Å². The van der Waals surface area contributed by atoms with E-state index in [0.29, 0.717) is 0 Å². The number of benzene rings is 2. The van der Waals surface area contributed by atoms with Crippen molar-refractivity contribution in [3.63, 3.8) is 0 Å². The van der Waals surface area contributed by atoms with Crippen molar-refractivity contribution < 1.29 is 4.74 Å². The number of ether oxygens (including phenoxy) is 1. The third-order valence-corrected chi connectivity index (χ3v) is 4.21. The van der Waals surface area contributed by atoms with Crippen molar-refractivity contribution in [2.75, 3.05) is 7.11 Å². The number of hydrogen-bond acceptors (Lipinski definition) is 2. The number of nitrogens with two attached hydrogens (primary N) is 1. The molecule has 0 aliphatic carbocycles. The molecule has 0 aliphatic heterocycles. The molecular weight excluding hydrogens is 258 g/mol. The first-order valence-electron chi connectivity index (χ1n) is 7.39. The van der Waals surface area contributed by atoms with Gasteiger partial charge >= 0.3 is 0 Å². The molecule has 0 radical (unpaired) electrons. The Kier molecular flexibility index (Phi) is 4.69. The predicted molar refractivity (Wildman–Crippen MR) is 89.0 cm³/mol. The molecule has 0 spiro atoms. The van der Waals surface area contributed by atoms with E-state index >= 15 is 0 Å². The molecule has 0 saturated heterocycles. The summed E-state index contributed by atoms with van der Waals surface area (Å²) in [6, 6.07) is 10.8. The van der Waals surface area contributed by atoms with Crippen molar-refractivity contribution in [2.45, 2.75) is 40.2 Å². The van der Waals surface area contributed by atoms with Crippen LogP contribution in [0.15, 0.2) is 30.3 Å². The largest absolute Gasteiger partial charge is 0.496 e. The van der Waals surface area contributed by atoms with E-state index in [9.17, 15) is 0 Å². The summed E-state index contributed by atoms with van der Waals surface area (Å²) in [6.45, 7) is 8.44. The predicted octanol–water partition coefficient (Wildman–Crippen LogP) is 4.17. The van der Waals surface area contributed by atoms with E-state index in [-0.39, 0.29) is 6.04 Å². The molecule has 0 aromatic heterocycles. The Balaban J connectivity index is 2.25. The summed E-state index contributed by atoms with van der Waals surface area (Å²) in [5.41, 5.74) is 13.9. The van der Waals surface area contributed by atoms with Gasteiger partial charge in [-0.3, -0.25) is 0 Å². The van der Waals surface area contributed by atoms with Crippen molar-refractivity contribution in [2.24, 2.45) is 5.73 Å². The molecule has 112 valence electrons. The highest BCUT2D eigenvalue weighted by molar-refractivity contribution is 5.43. The smallest absolute Gasteiger partial charge is 0.122 e. The van der Waals surface area contributed by atoms with Crippen molar-refractivity contribution in [1.82, 2.24) is 0 Å². The van der Waals surface area contributed by atoms with E-state index in [2.05, 4.69) is 58.0 Å². The maximum absolute atomic E-state index is 6.44. The Morgan fingerprint density at radius 2 is 1.62 bits per heavy atom. The van der Waals surface area contributed by atoms with Crippen LogP contribution < -0.4 is 10.5 Å². The topological polar surface area (TPSA) is 35.2 Å². The highest BCUT2D eigenvalue weighted by atomic mass is 16.5. The summed E-state index contributed by atoms with van der Waals surface area (Å²) < 4.78 is 5.37. The van der Waals surface area contributed by atoms with Gasteiger partial charge in [0.05, 0.1) is 7.11 Å². The molecule has 0 heterocycles. The van der Waals surface area contributed by atoms with Gasteiger partial charge in [0, 0.05) is 6.04 Å². The molecule has 2 N–H and O–H groups in total. The Bertz CT molecular complexity index is 646. The Labute approximate surface area is 127 Å².